The van der Waals surface area contributed by atoms with E-state index >= 15 is 0 Å². The predicted molar refractivity (Wildman–Crippen MR) is 112 cm³/mol. The lowest BCUT2D eigenvalue weighted by molar-refractivity contribution is -0.348. The molecule has 0 unspecified atom stereocenters. The number of carbonyl (C=O) groups excluding carboxylic acids is 1. The summed E-state index contributed by atoms with van der Waals surface area (Å²) in [6.07, 6.45) is -8.39. The van der Waals surface area contributed by atoms with Gasteiger partial charge in [0.15, 0.2) is 0 Å². The van der Waals surface area contributed by atoms with Gasteiger partial charge < -0.3 is 4.74 Å². The summed E-state index contributed by atoms with van der Waals surface area (Å²) in [5, 5.41) is 3.51. The van der Waals surface area contributed by atoms with E-state index < -0.39 is 34.6 Å². The first-order valence-electron chi connectivity index (χ1n) is 9.18. The fraction of sp³-hybridized carbons (Fsp3) is 0.238. The molecule has 34 heavy (non-hydrogen) atoms. The number of hydrogen-bond donors (Lipinski definition) is 0. The first-order chi connectivity index (χ1) is 15.7. The molecule has 1 aromatic heterocycles. The van der Waals surface area contributed by atoms with Gasteiger partial charge in [0.05, 0.1) is 29.6 Å². The molecule has 0 radical (unpaired) electrons. The molecule has 3 rings (SSSR count). The molecule has 1 heterocycles. The van der Waals surface area contributed by atoms with Crippen molar-refractivity contribution < 1.29 is 40.3 Å². The highest BCUT2D eigenvalue weighted by Crippen LogP contribution is 2.54. The number of halogens is 8. The van der Waals surface area contributed by atoms with Crippen molar-refractivity contribution in [1.29, 1.82) is 0 Å². The van der Waals surface area contributed by atoms with Gasteiger partial charge in [-0.2, -0.15) is 31.4 Å². The van der Waals surface area contributed by atoms with Crippen molar-refractivity contribution in [2.24, 2.45) is 0 Å². The summed E-state index contributed by atoms with van der Waals surface area (Å²) in [6.45, 7) is 0. The van der Waals surface area contributed by atoms with Gasteiger partial charge >= 0.3 is 24.0 Å². The number of esters is 1. The standard InChI is InChI=1S/C21H14ClF7N2O2S/c1-33-18(32)12-5-3-4-11(6-12)13-9-30-31(10-13)17-15(22)7-14(8-16(17)34-2)19(23,20(24,25)26)21(27,28)29/h3-10H,1-2H3. The van der Waals surface area contributed by atoms with Crippen LogP contribution in [0.4, 0.5) is 30.7 Å². The number of nitrogens with zero attached hydrogens (tertiary/aromatic N) is 2. The maximum absolute atomic E-state index is 14.5. The van der Waals surface area contributed by atoms with Crippen LogP contribution < -0.4 is 0 Å². The summed E-state index contributed by atoms with van der Waals surface area (Å²) in [5.41, 5.74) is -6.11. The van der Waals surface area contributed by atoms with Crippen LogP contribution in [0.5, 0.6) is 0 Å². The Labute approximate surface area is 197 Å². The Bertz CT molecular complexity index is 1210. The first-order valence-corrected chi connectivity index (χ1v) is 10.8. The second kappa shape index (κ2) is 9.14. The minimum Gasteiger partial charge on any atom is -0.465 e. The molecule has 0 saturated heterocycles. The SMILES string of the molecule is COC(=O)c1cccc(-c2cnn(-c3c(Cl)cc(C(F)(C(F)(F)F)C(F)(F)F)cc3SC)c2)c1. The molecular weight excluding hydrogens is 513 g/mol. The molecule has 4 nitrogen and oxygen atoms in total. The Morgan fingerprint density at radius 2 is 1.68 bits per heavy atom. The summed E-state index contributed by atoms with van der Waals surface area (Å²) in [7, 11) is 1.21. The Kier molecular flexibility index (Phi) is 6.96. The average Bonchev–Trinajstić information content (AvgIpc) is 3.25. The fourth-order valence-corrected chi connectivity index (χ4v) is 4.18. The van der Waals surface area contributed by atoms with Crippen LogP contribution in [0.25, 0.3) is 16.8 Å². The van der Waals surface area contributed by atoms with E-state index in [0.717, 1.165) is 16.4 Å². The van der Waals surface area contributed by atoms with Gasteiger partial charge in [-0.15, -0.1) is 11.8 Å². The summed E-state index contributed by atoms with van der Waals surface area (Å²) < 4.78 is 99.5. The van der Waals surface area contributed by atoms with Crippen LogP contribution >= 0.6 is 23.4 Å². The first kappa shape index (κ1) is 25.9. The zero-order valence-corrected chi connectivity index (χ0v) is 18.8. The van der Waals surface area contributed by atoms with E-state index in [0.29, 0.717) is 17.2 Å². The maximum atomic E-state index is 14.5. The van der Waals surface area contributed by atoms with Crippen LogP contribution in [0.15, 0.2) is 53.7 Å². The molecule has 13 heteroatoms. The molecule has 0 N–H and O–H groups in total. The number of thioether (sulfide) groups is 1. The number of rotatable bonds is 5. The van der Waals surface area contributed by atoms with Crippen LogP contribution in [0.2, 0.25) is 5.02 Å². The van der Waals surface area contributed by atoms with E-state index in [1.54, 1.807) is 12.1 Å². The topological polar surface area (TPSA) is 44.1 Å². The summed E-state index contributed by atoms with van der Waals surface area (Å²) in [6, 6.07) is 7.01. The third kappa shape index (κ3) is 4.48. The largest absolute Gasteiger partial charge is 0.465 e. The third-order valence-electron chi connectivity index (χ3n) is 4.86. The van der Waals surface area contributed by atoms with Crippen molar-refractivity contribution >= 4 is 29.3 Å². The van der Waals surface area contributed by atoms with E-state index in [1.165, 1.54) is 37.9 Å². The van der Waals surface area contributed by atoms with Gasteiger partial charge in [-0.05, 0) is 36.1 Å². The van der Waals surface area contributed by atoms with Crippen molar-refractivity contribution in [3.63, 3.8) is 0 Å². The lowest BCUT2D eigenvalue weighted by atomic mass is 9.94. The highest BCUT2D eigenvalue weighted by atomic mass is 35.5. The summed E-state index contributed by atoms with van der Waals surface area (Å²) in [4.78, 5) is 11.6. The number of methoxy groups -OCH3 is 1. The zero-order chi connectivity index (χ0) is 25.5. The summed E-state index contributed by atoms with van der Waals surface area (Å²) in [5.74, 6) is -0.582. The Hall–Kier alpha value is -2.73. The Morgan fingerprint density at radius 1 is 1.03 bits per heavy atom. The normalized spacial score (nSPS) is 12.6. The van der Waals surface area contributed by atoms with Gasteiger partial charge in [-0.3, -0.25) is 0 Å². The molecule has 0 atom stereocenters. The van der Waals surface area contributed by atoms with Gasteiger partial charge in [0.2, 0.25) is 0 Å². The molecule has 0 saturated carbocycles. The van der Waals surface area contributed by atoms with Crippen molar-refractivity contribution in [3.05, 3.63) is 64.9 Å². The van der Waals surface area contributed by atoms with Gasteiger partial charge in [0, 0.05) is 22.2 Å². The van der Waals surface area contributed by atoms with Crippen LogP contribution in [0.3, 0.4) is 0 Å². The second-order valence-electron chi connectivity index (χ2n) is 6.91. The molecule has 3 aromatic rings. The van der Waals surface area contributed by atoms with Gasteiger partial charge in [-0.1, -0.05) is 23.7 Å². The van der Waals surface area contributed by atoms with Crippen molar-refractivity contribution in [2.45, 2.75) is 22.9 Å². The molecule has 0 aliphatic carbocycles. The minimum absolute atomic E-state index is 0.0417. The lowest BCUT2D eigenvalue weighted by Gasteiger charge is -2.31. The number of ether oxygens (including phenoxy) is 1. The van der Waals surface area contributed by atoms with E-state index in [1.807, 2.05) is 0 Å². The third-order valence-corrected chi connectivity index (χ3v) is 5.90. The van der Waals surface area contributed by atoms with Crippen molar-refractivity contribution in [3.8, 4) is 16.8 Å². The van der Waals surface area contributed by atoms with Gasteiger partial charge in [0.25, 0.3) is 0 Å². The van der Waals surface area contributed by atoms with E-state index in [2.05, 4.69) is 9.84 Å². The lowest BCUT2D eigenvalue weighted by Crippen LogP contribution is -2.50. The van der Waals surface area contributed by atoms with Gasteiger partial charge in [0.1, 0.15) is 0 Å². The minimum atomic E-state index is -6.27. The molecule has 2 aromatic carbocycles. The van der Waals surface area contributed by atoms with Crippen molar-refractivity contribution in [1.82, 2.24) is 9.78 Å². The van der Waals surface area contributed by atoms with Crippen LogP contribution in [0, 0.1) is 0 Å². The number of aromatic nitrogens is 2. The fourth-order valence-electron chi connectivity index (χ4n) is 3.18. The number of alkyl halides is 7. The average molecular weight is 527 g/mol. The molecule has 0 spiro atoms. The molecule has 0 bridgehead atoms. The number of hydrogen-bond acceptors (Lipinski definition) is 4. The number of benzene rings is 2. The number of carbonyl (C=O) groups is 1. The van der Waals surface area contributed by atoms with Crippen LogP contribution in [-0.2, 0) is 10.4 Å². The second-order valence-corrected chi connectivity index (χ2v) is 8.16. The molecule has 0 fully saturated rings. The van der Waals surface area contributed by atoms with Gasteiger partial charge in [-0.25, -0.2) is 13.9 Å². The molecule has 0 amide bonds. The van der Waals surface area contributed by atoms with Crippen LogP contribution in [0.1, 0.15) is 15.9 Å². The Balaban J connectivity index is 2.12. The van der Waals surface area contributed by atoms with E-state index in [4.69, 9.17) is 11.6 Å². The highest BCUT2D eigenvalue weighted by Gasteiger charge is 2.73. The summed E-state index contributed by atoms with van der Waals surface area (Å²) >= 11 is 6.82. The highest BCUT2D eigenvalue weighted by molar-refractivity contribution is 7.98. The quantitative estimate of drug-likeness (QED) is 0.204. The smallest absolute Gasteiger partial charge is 0.435 e. The molecule has 182 valence electrons. The molecule has 0 aliphatic heterocycles. The van der Waals surface area contributed by atoms with Crippen LogP contribution in [-0.4, -0.2) is 41.5 Å². The molecular formula is C21H14ClF7N2O2S. The predicted octanol–water partition coefficient (Wildman–Crippen LogP) is 6.99. The maximum Gasteiger partial charge on any atom is 0.435 e. The van der Waals surface area contributed by atoms with E-state index in [-0.39, 0.29) is 22.2 Å². The van der Waals surface area contributed by atoms with Crippen molar-refractivity contribution in [2.75, 3.05) is 13.4 Å². The monoisotopic (exact) mass is 526 g/mol. The zero-order valence-electron chi connectivity index (χ0n) is 17.3. The van der Waals surface area contributed by atoms with E-state index in [9.17, 15) is 35.5 Å². The Morgan fingerprint density at radius 3 is 2.24 bits per heavy atom. The molecule has 0 aliphatic rings.